The van der Waals surface area contributed by atoms with Crippen LogP contribution in [0.15, 0.2) is 48.6 Å². The van der Waals surface area contributed by atoms with E-state index in [9.17, 15) is 19.0 Å². The molecule has 0 radical (unpaired) electrons. The highest BCUT2D eigenvalue weighted by molar-refractivity contribution is 7.47. The van der Waals surface area contributed by atoms with Crippen molar-refractivity contribution in [1.29, 1.82) is 0 Å². The molecule has 0 bridgehead atoms. The summed E-state index contributed by atoms with van der Waals surface area (Å²) in [6, 6.07) is 0. The Balaban J connectivity index is 4.28. The van der Waals surface area contributed by atoms with E-state index in [1.54, 1.807) is 0 Å². The molecule has 0 aromatic carbocycles. The number of hydrogen-bond donors (Lipinski definition) is 2. The van der Waals surface area contributed by atoms with Crippen molar-refractivity contribution in [3.8, 4) is 0 Å². The predicted molar refractivity (Wildman–Crippen MR) is 178 cm³/mol. The van der Waals surface area contributed by atoms with Crippen LogP contribution in [0.5, 0.6) is 0 Å². The Morgan fingerprint density at radius 2 is 1.25 bits per heavy atom. The molecule has 0 spiro atoms. The molecule has 0 saturated heterocycles. The van der Waals surface area contributed by atoms with E-state index in [1.807, 2.05) is 0 Å². The quantitative estimate of drug-likeness (QED) is 0.0343. The molecule has 2 atom stereocenters. The van der Waals surface area contributed by atoms with Gasteiger partial charge in [-0.05, 0) is 51.4 Å². The van der Waals surface area contributed by atoms with Gasteiger partial charge < -0.3 is 20.1 Å². The van der Waals surface area contributed by atoms with Crippen molar-refractivity contribution in [3.63, 3.8) is 0 Å². The van der Waals surface area contributed by atoms with Gasteiger partial charge in [-0.25, -0.2) is 4.57 Å². The molecule has 0 saturated carbocycles. The smallest absolute Gasteiger partial charge is 0.462 e. The fourth-order valence-electron chi connectivity index (χ4n) is 4.03. The van der Waals surface area contributed by atoms with E-state index in [0.717, 1.165) is 83.5 Å². The second-order valence-electron chi connectivity index (χ2n) is 10.7. The van der Waals surface area contributed by atoms with Crippen LogP contribution in [0.4, 0.5) is 0 Å². The molecular weight excluding hydrogens is 581 g/mol. The van der Waals surface area contributed by atoms with Gasteiger partial charge in [0.2, 0.25) is 0 Å². The average molecular weight is 642 g/mol. The number of nitrogens with two attached hydrogens (primary N) is 1. The number of phosphoric acid groups is 1. The zero-order valence-corrected chi connectivity index (χ0v) is 28.3. The van der Waals surface area contributed by atoms with Gasteiger partial charge in [0.1, 0.15) is 6.61 Å². The molecule has 0 amide bonds. The van der Waals surface area contributed by atoms with E-state index in [1.165, 1.54) is 6.42 Å². The van der Waals surface area contributed by atoms with Gasteiger partial charge in [-0.15, -0.1) is 0 Å². The van der Waals surface area contributed by atoms with Crippen LogP contribution in [0.1, 0.15) is 123 Å². The first-order chi connectivity index (χ1) is 21.3. The summed E-state index contributed by atoms with van der Waals surface area (Å²) < 4.78 is 32.4. The minimum Gasteiger partial charge on any atom is -0.462 e. The van der Waals surface area contributed by atoms with E-state index < -0.39 is 32.5 Å². The Bertz CT molecular complexity index is 871. The van der Waals surface area contributed by atoms with Gasteiger partial charge in [-0.1, -0.05) is 107 Å². The van der Waals surface area contributed by atoms with Crippen LogP contribution in [-0.4, -0.2) is 49.3 Å². The summed E-state index contributed by atoms with van der Waals surface area (Å²) in [4.78, 5) is 34.4. The molecule has 0 fully saturated rings. The summed E-state index contributed by atoms with van der Waals surface area (Å²) >= 11 is 0. The molecule has 3 N–H and O–H groups in total. The van der Waals surface area contributed by atoms with Crippen LogP contribution in [-0.2, 0) is 32.7 Å². The molecule has 44 heavy (non-hydrogen) atoms. The fraction of sp³-hybridized carbons (Fsp3) is 0.706. The highest BCUT2D eigenvalue weighted by atomic mass is 31.2. The first-order valence-corrected chi connectivity index (χ1v) is 18.1. The number of carbonyl (C=O) groups is 2. The number of esters is 2. The number of phosphoric ester groups is 1. The summed E-state index contributed by atoms with van der Waals surface area (Å²) in [5, 5.41) is 0. The fourth-order valence-corrected chi connectivity index (χ4v) is 4.80. The van der Waals surface area contributed by atoms with E-state index in [2.05, 4.69) is 62.5 Å². The van der Waals surface area contributed by atoms with Crippen molar-refractivity contribution >= 4 is 19.8 Å². The first kappa shape index (κ1) is 42.0. The van der Waals surface area contributed by atoms with E-state index in [0.29, 0.717) is 6.42 Å². The monoisotopic (exact) mass is 641 g/mol. The molecule has 9 nitrogen and oxygen atoms in total. The van der Waals surface area contributed by atoms with E-state index in [4.69, 9.17) is 24.3 Å². The minimum absolute atomic E-state index is 0.0474. The number of hydrogen-bond acceptors (Lipinski definition) is 8. The number of rotatable bonds is 30. The lowest BCUT2D eigenvalue weighted by Gasteiger charge is -2.19. The number of allylic oxidation sites excluding steroid dienone is 8. The Morgan fingerprint density at radius 1 is 0.705 bits per heavy atom. The van der Waals surface area contributed by atoms with Crippen molar-refractivity contribution in [2.75, 3.05) is 26.4 Å². The molecule has 0 aliphatic carbocycles. The molecular formula is C34H60NO8P. The Hall–Kier alpha value is -2.03. The van der Waals surface area contributed by atoms with Gasteiger partial charge >= 0.3 is 19.8 Å². The molecule has 254 valence electrons. The normalized spacial score (nSPS) is 14.2. The van der Waals surface area contributed by atoms with Crippen molar-refractivity contribution in [2.45, 2.75) is 129 Å². The Labute approximate surface area is 266 Å². The lowest BCUT2D eigenvalue weighted by molar-refractivity contribution is -0.161. The third-order valence-electron chi connectivity index (χ3n) is 6.48. The average Bonchev–Trinajstić information content (AvgIpc) is 3.00. The van der Waals surface area contributed by atoms with Crippen LogP contribution in [0, 0.1) is 0 Å². The van der Waals surface area contributed by atoms with Gasteiger partial charge in [-0.2, -0.15) is 0 Å². The summed E-state index contributed by atoms with van der Waals surface area (Å²) in [5.74, 6) is -0.874. The summed E-state index contributed by atoms with van der Waals surface area (Å²) in [6.45, 7) is 3.48. The maximum absolute atomic E-state index is 12.4. The van der Waals surface area contributed by atoms with Gasteiger partial charge in [0.25, 0.3) is 0 Å². The number of carbonyl (C=O) groups excluding carboxylic acids is 2. The SMILES string of the molecule is CC/C=C\C/C=C\C/C=C\C/C=C\CCCCCCC(=O)OC(COC(=O)CCCCCCCC)COP(=O)(O)OCCN. The summed E-state index contributed by atoms with van der Waals surface area (Å²) in [7, 11) is -4.37. The van der Waals surface area contributed by atoms with Crippen LogP contribution in [0.25, 0.3) is 0 Å². The number of ether oxygens (including phenoxy) is 2. The van der Waals surface area contributed by atoms with Crippen LogP contribution in [0.2, 0.25) is 0 Å². The third kappa shape index (κ3) is 30.0. The van der Waals surface area contributed by atoms with Crippen LogP contribution < -0.4 is 5.73 Å². The molecule has 0 aliphatic heterocycles. The summed E-state index contributed by atoms with van der Waals surface area (Å²) in [6.07, 6.45) is 31.7. The standard InChI is InChI=1S/C34H60NO8P/c1-3-5-7-9-11-12-13-14-15-16-17-18-19-20-21-23-25-27-34(37)43-32(31-42-44(38,39)41-29-28-35)30-40-33(36)26-24-22-10-8-6-4-2/h5,7,11-12,14-15,17-18,32H,3-4,6,8-10,13,16,19-31,35H2,1-2H3,(H,38,39)/b7-5-,12-11-,15-14-,18-17-. The van der Waals surface area contributed by atoms with E-state index >= 15 is 0 Å². The van der Waals surface area contributed by atoms with Crippen LogP contribution >= 0.6 is 7.82 Å². The molecule has 0 aromatic rings. The van der Waals surface area contributed by atoms with Crippen molar-refractivity contribution < 1.29 is 37.6 Å². The highest BCUT2D eigenvalue weighted by Crippen LogP contribution is 2.43. The zero-order valence-electron chi connectivity index (χ0n) is 27.4. The van der Waals surface area contributed by atoms with Crippen LogP contribution in [0.3, 0.4) is 0 Å². The lowest BCUT2D eigenvalue weighted by Crippen LogP contribution is -2.29. The van der Waals surface area contributed by atoms with E-state index in [-0.39, 0.29) is 32.6 Å². The van der Waals surface area contributed by atoms with Crippen molar-refractivity contribution in [2.24, 2.45) is 5.73 Å². The molecule has 2 unspecified atom stereocenters. The number of unbranched alkanes of at least 4 members (excludes halogenated alkanes) is 9. The summed E-state index contributed by atoms with van der Waals surface area (Å²) in [5.41, 5.74) is 5.30. The highest BCUT2D eigenvalue weighted by Gasteiger charge is 2.25. The second-order valence-corrected chi connectivity index (χ2v) is 12.1. The topological polar surface area (TPSA) is 134 Å². The Kier molecular flexibility index (Phi) is 29.5. The molecule has 0 aliphatic rings. The van der Waals surface area contributed by atoms with Crippen molar-refractivity contribution in [1.82, 2.24) is 0 Å². The van der Waals surface area contributed by atoms with Gasteiger partial charge in [-0.3, -0.25) is 18.6 Å². The third-order valence-corrected chi connectivity index (χ3v) is 7.46. The maximum Gasteiger partial charge on any atom is 0.472 e. The van der Waals surface area contributed by atoms with Gasteiger partial charge in [0.15, 0.2) is 6.10 Å². The Morgan fingerprint density at radius 3 is 1.86 bits per heavy atom. The zero-order chi connectivity index (χ0) is 32.6. The minimum atomic E-state index is -4.37. The van der Waals surface area contributed by atoms with Gasteiger partial charge in [0.05, 0.1) is 13.2 Å². The molecule has 0 aromatic heterocycles. The van der Waals surface area contributed by atoms with Crippen molar-refractivity contribution in [3.05, 3.63) is 48.6 Å². The maximum atomic E-state index is 12.4. The second kappa shape index (κ2) is 31.0. The first-order valence-electron chi connectivity index (χ1n) is 16.6. The largest absolute Gasteiger partial charge is 0.472 e. The van der Waals surface area contributed by atoms with Gasteiger partial charge in [0, 0.05) is 19.4 Å². The molecule has 0 rings (SSSR count). The predicted octanol–water partition coefficient (Wildman–Crippen LogP) is 8.43. The molecule has 0 heterocycles. The molecule has 10 heteroatoms. The lowest BCUT2D eigenvalue weighted by atomic mass is 10.1.